The number of nitrogens with one attached hydrogen (secondary N) is 1. The van der Waals surface area contributed by atoms with Gasteiger partial charge >= 0.3 is 5.97 Å². The number of anilines is 1. The number of amides is 1. The Kier molecular flexibility index (Phi) is 5.70. The Hall–Kier alpha value is -2.86. The molecular formula is C21H22ClN3O3. The number of rotatable bonds is 5. The van der Waals surface area contributed by atoms with E-state index in [0.29, 0.717) is 16.4 Å². The van der Waals surface area contributed by atoms with Crippen LogP contribution in [0.25, 0.3) is 0 Å². The zero-order valence-corrected chi connectivity index (χ0v) is 16.8. The van der Waals surface area contributed by atoms with Crippen LogP contribution < -0.4 is 5.32 Å². The van der Waals surface area contributed by atoms with Gasteiger partial charge in [-0.2, -0.15) is 5.10 Å². The number of hydrogen-bond acceptors (Lipinski definition) is 5. The number of methoxy groups -OCH3 is 1. The van der Waals surface area contributed by atoms with Gasteiger partial charge in [0, 0.05) is 10.7 Å². The molecule has 1 aliphatic heterocycles. The lowest BCUT2D eigenvalue weighted by Crippen LogP contribution is -2.41. The topological polar surface area (TPSA) is 71.0 Å². The summed E-state index contributed by atoms with van der Waals surface area (Å²) in [4.78, 5) is 24.9. The van der Waals surface area contributed by atoms with Gasteiger partial charge in [-0.1, -0.05) is 41.4 Å². The number of halogens is 1. The van der Waals surface area contributed by atoms with Crippen molar-refractivity contribution in [1.82, 2.24) is 5.01 Å². The van der Waals surface area contributed by atoms with E-state index in [2.05, 4.69) is 10.4 Å². The highest BCUT2D eigenvalue weighted by molar-refractivity contribution is 6.30. The van der Waals surface area contributed by atoms with Gasteiger partial charge in [0.25, 0.3) is 0 Å². The number of hydrogen-bond donors (Lipinski definition) is 1. The van der Waals surface area contributed by atoms with Crippen molar-refractivity contribution in [3.8, 4) is 0 Å². The van der Waals surface area contributed by atoms with E-state index >= 15 is 0 Å². The minimum absolute atomic E-state index is 0.0184. The maximum atomic E-state index is 12.5. The Balaban J connectivity index is 1.79. The molecule has 0 spiro atoms. The maximum Gasteiger partial charge on any atom is 0.319 e. The lowest BCUT2D eigenvalue weighted by Gasteiger charge is -2.23. The first kappa shape index (κ1) is 19.9. The van der Waals surface area contributed by atoms with Crippen LogP contribution in [0.5, 0.6) is 0 Å². The zero-order chi connectivity index (χ0) is 20.3. The second kappa shape index (κ2) is 8.02. The molecule has 0 fully saturated rings. The molecule has 0 aliphatic carbocycles. The molecule has 0 radical (unpaired) electrons. The van der Waals surface area contributed by atoms with Crippen LogP contribution in [0.1, 0.15) is 18.1 Å². The first-order valence-corrected chi connectivity index (χ1v) is 9.24. The molecule has 2 aromatic rings. The van der Waals surface area contributed by atoms with Crippen molar-refractivity contribution in [1.29, 1.82) is 0 Å². The number of esters is 1. The molecule has 0 saturated carbocycles. The minimum atomic E-state index is -0.954. The van der Waals surface area contributed by atoms with Crippen LogP contribution in [0.4, 0.5) is 5.69 Å². The number of aryl methyl sites for hydroxylation is 1. The summed E-state index contributed by atoms with van der Waals surface area (Å²) in [7, 11) is 1.36. The molecule has 28 heavy (non-hydrogen) atoms. The molecule has 146 valence electrons. The first-order valence-electron chi connectivity index (χ1n) is 8.87. The fourth-order valence-corrected chi connectivity index (χ4v) is 3.32. The largest absolute Gasteiger partial charge is 0.468 e. The molecule has 2 aromatic carbocycles. The van der Waals surface area contributed by atoms with Gasteiger partial charge in [0.15, 0.2) is 0 Å². The number of ether oxygens (including phenoxy) is 1. The van der Waals surface area contributed by atoms with E-state index in [1.165, 1.54) is 7.11 Å². The van der Waals surface area contributed by atoms with Crippen molar-refractivity contribution in [3.63, 3.8) is 0 Å². The van der Waals surface area contributed by atoms with Gasteiger partial charge in [-0.25, -0.2) is 0 Å². The minimum Gasteiger partial charge on any atom is -0.468 e. The van der Waals surface area contributed by atoms with Gasteiger partial charge in [0.05, 0.1) is 19.4 Å². The number of nitrogens with zero attached hydrogens (tertiary/aromatic N) is 2. The molecule has 3 rings (SSSR count). The summed E-state index contributed by atoms with van der Waals surface area (Å²) in [6.07, 6.45) is 0. The molecule has 0 aromatic heterocycles. The number of hydrazone groups is 1. The van der Waals surface area contributed by atoms with Crippen molar-refractivity contribution in [2.75, 3.05) is 25.5 Å². The third kappa shape index (κ3) is 4.17. The molecule has 1 atom stereocenters. The van der Waals surface area contributed by atoms with Crippen LogP contribution in [0.15, 0.2) is 53.6 Å². The van der Waals surface area contributed by atoms with Crippen molar-refractivity contribution in [3.05, 3.63) is 64.7 Å². The van der Waals surface area contributed by atoms with Crippen LogP contribution in [-0.4, -0.2) is 42.8 Å². The standard InChI is InChI=1S/C21H22ClN3O3/c1-14-4-6-15(7-5-14)19-21(2,20(27)28-3)13-25(24-19)12-18(26)23-17-10-8-16(22)9-11-17/h4-11H,12-13H2,1-3H3,(H,23,26). The highest BCUT2D eigenvalue weighted by Gasteiger charge is 2.47. The van der Waals surface area contributed by atoms with Crippen LogP contribution in [0, 0.1) is 12.3 Å². The van der Waals surface area contributed by atoms with Gasteiger partial charge in [0.2, 0.25) is 5.91 Å². The molecule has 0 bridgehead atoms. The summed E-state index contributed by atoms with van der Waals surface area (Å²) in [6, 6.07) is 14.6. The van der Waals surface area contributed by atoms with Crippen molar-refractivity contribution < 1.29 is 14.3 Å². The Bertz CT molecular complexity index is 909. The van der Waals surface area contributed by atoms with Crippen LogP contribution >= 0.6 is 11.6 Å². The summed E-state index contributed by atoms with van der Waals surface area (Å²) in [5.41, 5.74) is 2.23. The van der Waals surface area contributed by atoms with Crippen molar-refractivity contribution in [2.24, 2.45) is 10.5 Å². The van der Waals surface area contributed by atoms with Crippen LogP contribution in [0.2, 0.25) is 5.02 Å². The Morgan fingerprint density at radius 2 is 1.82 bits per heavy atom. The summed E-state index contributed by atoms with van der Waals surface area (Å²) in [6.45, 7) is 4.06. The van der Waals surface area contributed by atoms with Crippen LogP contribution in [-0.2, 0) is 14.3 Å². The fraction of sp³-hybridized carbons (Fsp3) is 0.286. The molecule has 6 nitrogen and oxygen atoms in total. The maximum absolute atomic E-state index is 12.5. The van der Waals surface area contributed by atoms with Gasteiger partial charge in [0.1, 0.15) is 12.0 Å². The highest BCUT2D eigenvalue weighted by Crippen LogP contribution is 2.32. The quantitative estimate of drug-likeness (QED) is 0.781. The van der Waals surface area contributed by atoms with Crippen molar-refractivity contribution >= 4 is 34.9 Å². The Labute approximate surface area is 169 Å². The van der Waals surface area contributed by atoms with Crippen molar-refractivity contribution in [2.45, 2.75) is 13.8 Å². The molecule has 1 amide bonds. The third-order valence-electron chi connectivity index (χ3n) is 4.68. The highest BCUT2D eigenvalue weighted by atomic mass is 35.5. The smallest absolute Gasteiger partial charge is 0.319 e. The predicted molar refractivity (Wildman–Crippen MR) is 109 cm³/mol. The number of benzene rings is 2. The average molecular weight is 400 g/mol. The number of carbonyl (C=O) groups is 2. The second-order valence-electron chi connectivity index (χ2n) is 7.02. The van der Waals surface area contributed by atoms with Gasteiger partial charge in [-0.05, 0) is 43.7 Å². The Morgan fingerprint density at radius 3 is 2.43 bits per heavy atom. The molecule has 1 aliphatic rings. The second-order valence-corrected chi connectivity index (χ2v) is 7.45. The van der Waals surface area contributed by atoms with E-state index in [-0.39, 0.29) is 25.0 Å². The molecule has 0 saturated heterocycles. The van der Waals surface area contributed by atoms with E-state index in [1.807, 2.05) is 31.2 Å². The lowest BCUT2D eigenvalue weighted by molar-refractivity contribution is -0.148. The molecular weight excluding hydrogens is 378 g/mol. The number of carbonyl (C=O) groups excluding carboxylic acids is 2. The predicted octanol–water partition coefficient (Wildman–Crippen LogP) is 3.49. The monoisotopic (exact) mass is 399 g/mol. The summed E-state index contributed by atoms with van der Waals surface area (Å²) in [5, 5.41) is 9.57. The van der Waals surface area contributed by atoms with E-state index in [9.17, 15) is 9.59 Å². The first-order chi connectivity index (χ1) is 13.3. The summed E-state index contributed by atoms with van der Waals surface area (Å²) >= 11 is 5.86. The summed E-state index contributed by atoms with van der Waals surface area (Å²) < 4.78 is 5.01. The van der Waals surface area contributed by atoms with Gasteiger partial charge in [-0.15, -0.1) is 0 Å². The lowest BCUT2D eigenvalue weighted by atomic mass is 9.82. The fourth-order valence-electron chi connectivity index (χ4n) is 3.19. The van der Waals surface area contributed by atoms with Crippen LogP contribution in [0.3, 0.4) is 0 Å². The van der Waals surface area contributed by atoms with Gasteiger partial charge in [-0.3, -0.25) is 14.6 Å². The normalized spacial score (nSPS) is 18.6. The average Bonchev–Trinajstić information content (AvgIpc) is 3.00. The summed E-state index contributed by atoms with van der Waals surface area (Å²) in [5.74, 6) is -0.615. The zero-order valence-electron chi connectivity index (χ0n) is 16.0. The molecule has 1 unspecified atom stereocenters. The van der Waals surface area contributed by atoms with E-state index in [4.69, 9.17) is 16.3 Å². The van der Waals surface area contributed by atoms with E-state index in [0.717, 1.165) is 11.1 Å². The SMILES string of the molecule is COC(=O)C1(C)CN(CC(=O)Nc2ccc(Cl)cc2)N=C1c1ccc(C)cc1. The molecule has 1 heterocycles. The van der Waals surface area contributed by atoms with Gasteiger partial charge < -0.3 is 10.1 Å². The van der Waals surface area contributed by atoms with E-state index in [1.54, 1.807) is 36.2 Å². The third-order valence-corrected chi connectivity index (χ3v) is 4.93. The molecule has 1 N–H and O–H groups in total. The van der Waals surface area contributed by atoms with E-state index < -0.39 is 5.41 Å². The Morgan fingerprint density at radius 1 is 1.18 bits per heavy atom. The molecule has 7 heteroatoms.